The first-order chi connectivity index (χ1) is 12.5. The Morgan fingerprint density at radius 3 is 2.31 bits per heavy atom. The molecule has 0 fully saturated rings. The van der Waals surface area contributed by atoms with Crippen molar-refractivity contribution in [3.63, 3.8) is 0 Å². The van der Waals surface area contributed by atoms with Gasteiger partial charge in [-0.1, -0.05) is 48.0 Å². The lowest BCUT2D eigenvalue weighted by Gasteiger charge is -2.11. The van der Waals surface area contributed by atoms with Crippen molar-refractivity contribution in [3.05, 3.63) is 101 Å². The van der Waals surface area contributed by atoms with Gasteiger partial charge in [0.2, 0.25) is 0 Å². The zero-order valence-corrected chi connectivity index (χ0v) is 14.3. The predicted octanol–water partition coefficient (Wildman–Crippen LogP) is 4.81. The third-order valence-electron chi connectivity index (χ3n) is 4.05. The van der Waals surface area contributed by atoms with Crippen molar-refractivity contribution in [2.45, 2.75) is 13.3 Å². The van der Waals surface area contributed by atoms with Crippen LogP contribution in [0.1, 0.15) is 31.8 Å². The topological polar surface area (TPSA) is 46.2 Å². The van der Waals surface area contributed by atoms with Crippen molar-refractivity contribution in [1.82, 2.24) is 0 Å². The van der Waals surface area contributed by atoms with E-state index in [9.17, 15) is 14.0 Å². The lowest BCUT2D eigenvalue weighted by Crippen LogP contribution is -2.16. The highest BCUT2D eigenvalue weighted by Crippen LogP contribution is 2.20. The van der Waals surface area contributed by atoms with Crippen LogP contribution in [0.15, 0.2) is 72.8 Å². The molecule has 0 bridgehead atoms. The summed E-state index contributed by atoms with van der Waals surface area (Å²) in [7, 11) is 0. The van der Waals surface area contributed by atoms with Crippen LogP contribution in [0, 0.1) is 12.7 Å². The van der Waals surface area contributed by atoms with Gasteiger partial charge < -0.3 is 5.32 Å². The van der Waals surface area contributed by atoms with E-state index in [2.05, 4.69) is 5.32 Å². The van der Waals surface area contributed by atoms with Crippen LogP contribution < -0.4 is 5.32 Å². The van der Waals surface area contributed by atoms with Gasteiger partial charge >= 0.3 is 0 Å². The van der Waals surface area contributed by atoms with Gasteiger partial charge in [-0.05, 0) is 42.8 Å². The van der Waals surface area contributed by atoms with Gasteiger partial charge in [0.05, 0.1) is 5.69 Å². The molecule has 1 amide bonds. The van der Waals surface area contributed by atoms with Gasteiger partial charge in [-0.25, -0.2) is 4.39 Å². The molecule has 0 atom stereocenters. The molecule has 3 aromatic carbocycles. The Kier molecular flexibility index (Phi) is 5.23. The van der Waals surface area contributed by atoms with Crippen LogP contribution in [0.2, 0.25) is 0 Å². The molecule has 0 spiro atoms. The number of hydrogen-bond donors (Lipinski definition) is 1. The Morgan fingerprint density at radius 1 is 0.923 bits per heavy atom. The summed E-state index contributed by atoms with van der Waals surface area (Å²) >= 11 is 0. The van der Waals surface area contributed by atoms with Gasteiger partial charge in [-0.15, -0.1) is 0 Å². The summed E-state index contributed by atoms with van der Waals surface area (Å²) in [5.74, 6) is -1.12. The van der Waals surface area contributed by atoms with Gasteiger partial charge in [0, 0.05) is 17.5 Å². The molecule has 0 aliphatic heterocycles. The SMILES string of the molecule is Cc1ccc(C(=O)Nc2ccc(F)cc2C(=O)Cc2ccccc2)cc1. The molecule has 0 unspecified atom stereocenters. The van der Waals surface area contributed by atoms with E-state index in [1.165, 1.54) is 12.1 Å². The third-order valence-corrected chi connectivity index (χ3v) is 4.05. The minimum atomic E-state index is -0.519. The van der Waals surface area contributed by atoms with Crippen LogP contribution in [-0.2, 0) is 6.42 Å². The zero-order chi connectivity index (χ0) is 18.5. The molecule has 0 aliphatic carbocycles. The molecule has 0 aliphatic rings. The Morgan fingerprint density at radius 2 is 1.62 bits per heavy atom. The Balaban J connectivity index is 1.84. The standard InChI is InChI=1S/C22H18FNO2/c1-15-7-9-17(10-8-15)22(26)24-20-12-11-18(23)14-19(20)21(25)13-16-5-3-2-4-6-16/h2-12,14H,13H2,1H3,(H,24,26). The lowest BCUT2D eigenvalue weighted by molar-refractivity contribution is 0.0993. The molecular weight excluding hydrogens is 329 g/mol. The minimum Gasteiger partial charge on any atom is -0.321 e. The monoisotopic (exact) mass is 347 g/mol. The molecule has 3 rings (SSSR count). The first kappa shape index (κ1) is 17.5. The number of benzene rings is 3. The predicted molar refractivity (Wildman–Crippen MR) is 100 cm³/mol. The molecule has 3 nitrogen and oxygen atoms in total. The number of amides is 1. The second-order valence-corrected chi connectivity index (χ2v) is 6.10. The van der Waals surface area contributed by atoms with E-state index in [1.807, 2.05) is 49.4 Å². The van der Waals surface area contributed by atoms with Crippen LogP contribution in [0.4, 0.5) is 10.1 Å². The number of Topliss-reactive ketones (excluding diaryl/α,β-unsaturated/α-hetero) is 1. The molecule has 3 aromatic rings. The average Bonchev–Trinajstić information content (AvgIpc) is 2.64. The fourth-order valence-corrected chi connectivity index (χ4v) is 2.63. The molecule has 0 saturated carbocycles. The summed E-state index contributed by atoms with van der Waals surface area (Å²) in [4.78, 5) is 25.1. The number of hydrogen-bond acceptors (Lipinski definition) is 2. The Bertz CT molecular complexity index is 934. The van der Waals surface area contributed by atoms with Crippen LogP contribution in [0.25, 0.3) is 0 Å². The van der Waals surface area contributed by atoms with E-state index in [4.69, 9.17) is 0 Å². The summed E-state index contributed by atoms with van der Waals surface area (Å²) in [5.41, 5.74) is 2.81. The molecule has 0 radical (unpaired) electrons. The second-order valence-electron chi connectivity index (χ2n) is 6.10. The second kappa shape index (κ2) is 7.74. The fraction of sp³-hybridized carbons (Fsp3) is 0.0909. The first-order valence-electron chi connectivity index (χ1n) is 8.27. The smallest absolute Gasteiger partial charge is 0.255 e. The molecule has 0 heterocycles. The summed E-state index contributed by atoms with van der Waals surface area (Å²) in [5, 5.41) is 2.71. The molecule has 4 heteroatoms. The van der Waals surface area contributed by atoms with Gasteiger partial charge in [0.15, 0.2) is 5.78 Å². The summed E-state index contributed by atoms with van der Waals surface area (Å²) in [6, 6.07) is 20.1. The highest BCUT2D eigenvalue weighted by molar-refractivity contribution is 6.09. The maximum Gasteiger partial charge on any atom is 0.255 e. The number of carbonyl (C=O) groups is 2. The maximum absolute atomic E-state index is 13.7. The molecular formula is C22H18FNO2. The summed E-state index contributed by atoms with van der Waals surface area (Å²) < 4.78 is 13.7. The van der Waals surface area contributed by atoms with Crippen molar-refractivity contribution in [1.29, 1.82) is 0 Å². The van der Waals surface area contributed by atoms with Gasteiger partial charge in [0.25, 0.3) is 5.91 Å². The Labute approximate surface area is 151 Å². The number of carbonyl (C=O) groups excluding carboxylic acids is 2. The van der Waals surface area contributed by atoms with E-state index >= 15 is 0 Å². The van der Waals surface area contributed by atoms with Gasteiger partial charge in [0.1, 0.15) is 5.82 Å². The highest BCUT2D eigenvalue weighted by atomic mass is 19.1. The van der Waals surface area contributed by atoms with Crippen LogP contribution in [-0.4, -0.2) is 11.7 Å². The fourth-order valence-electron chi connectivity index (χ4n) is 2.63. The van der Waals surface area contributed by atoms with Gasteiger partial charge in [-0.3, -0.25) is 9.59 Å². The van der Waals surface area contributed by atoms with Crippen LogP contribution >= 0.6 is 0 Å². The first-order valence-corrected chi connectivity index (χ1v) is 8.27. The number of anilines is 1. The zero-order valence-electron chi connectivity index (χ0n) is 14.3. The van der Waals surface area contributed by atoms with Crippen molar-refractivity contribution >= 4 is 17.4 Å². The molecule has 26 heavy (non-hydrogen) atoms. The van der Waals surface area contributed by atoms with E-state index in [0.29, 0.717) is 11.3 Å². The number of aryl methyl sites for hydroxylation is 1. The Hall–Kier alpha value is -3.27. The minimum absolute atomic E-state index is 0.137. The van der Waals surface area contributed by atoms with E-state index in [0.717, 1.165) is 17.2 Å². The van der Waals surface area contributed by atoms with Crippen molar-refractivity contribution in [2.75, 3.05) is 5.32 Å². The molecule has 130 valence electrons. The van der Waals surface area contributed by atoms with E-state index < -0.39 is 5.82 Å². The number of ketones is 1. The number of rotatable bonds is 5. The van der Waals surface area contributed by atoms with Crippen molar-refractivity contribution < 1.29 is 14.0 Å². The van der Waals surface area contributed by atoms with Crippen molar-refractivity contribution in [3.8, 4) is 0 Å². The maximum atomic E-state index is 13.7. The quantitative estimate of drug-likeness (QED) is 0.673. The van der Waals surface area contributed by atoms with E-state index in [1.54, 1.807) is 12.1 Å². The van der Waals surface area contributed by atoms with Crippen LogP contribution in [0.5, 0.6) is 0 Å². The van der Waals surface area contributed by atoms with E-state index in [-0.39, 0.29) is 23.7 Å². The summed E-state index contributed by atoms with van der Waals surface area (Å²) in [6.07, 6.45) is 0.137. The average molecular weight is 347 g/mol. The lowest BCUT2D eigenvalue weighted by atomic mass is 10.0. The van der Waals surface area contributed by atoms with Gasteiger partial charge in [-0.2, -0.15) is 0 Å². The highest BCUT2D eigenvalue weighted by Gasteiger charge is 2.16. The number of halogens is 1. The van der Waals surface area contributed by atoms with Crippen LogP contribution in [0.3, 0.4) is 0 Å². The third kappa shape index (κ3) is 4.22. The summed E-state index contributed by atoms with van der Waals surface area (Å²) in [6.45, 7) is 1.93. The normalized spacial score (nSPS) is 10.4. The molecule has 0 saturated heterocycles. The largest absolute Gasteiger partial charge is 0.321 e. The van der Waals surface area contributed by atoms with Crippen molar-refractivity contribution in [2.24, 2.45) is 0 Å². The molecule has 0 aromatic heterocycles. The molecule has 1 N–H and O–H groups in total. The number of nitrogens with one attached hydrogen (secondary N) is 1.